The van der Waals surface area contributed by atoms with Gasteiger partial charge in [0, 0.05) is 24.0 Å². The Kier molecular flexibility index (Phi) is 8.11. The van der Waals surface area contributed by atoms with Crippen molar-refractivity contribution in [2.45, 2.75) is 19.8 Å². The Morgan fingerprint density at radius 3 is 2.52 bits per heavy atom. The molecule has 2 rings (SSSR count). The normalized spacial score (nSPS) is 18.7. The lowest BCUT2D eigenvalue weighted by molar-refractivity contribution is -0.150. The molecule has 0 bridgehead atoms. The summed E-state index contributed by atoms with van der Waals surface area (Å²) in [6.07, 6.45) is 0. The molecule has 2 atom stereocenters. The van der Waals surface area contributed by atoms with Gasteiger partial charge in [0.05, 0.1) is 29.5 Å². The fraction of sp³-hybridized carbons (Fsp3) is 0.400. The van der Waals surface area contributed by atoms with Crippen LogP contribution in [0.2, 0.25) is 5.02 Å². The predicted molar refractivity (Wildman–Crippen MR) is 111 cm³/mol. The zero-order valence-corrected chi connectivity index (χ0v) is 18.0. The predicted octanol–water partition coefficient (Wildman–Crippen LogP) is 2.68. The molecule has 1 aliphatic heterocycles. The zero-order chi connectivity index (χ0) is 21.6. The van der Waals surface area contributed by atoms with E-state index in [0.29, 0.717) is 23.7 Å². The van der Waals surface area contributed by atoms with E-state index in [0.717, 1.165) is 11.8 Å². The lowest BCUT2D eigenvalue weighted by Crippen LogP contribution is -2.44. The molecule has 2 amide bonds. The Morgan fingerprint density at radius 1 is 1.31 bits per heavy atom. The number of carbonyl (C=O) groups excluding carboxylic acids is 3. The molecule has 1 N–H and O–H groups in total. The minimum atomic E-state index is -1.25. The number of hydrogen-bond acceptors (Lipinski definition) is 6. The molecule has 2 unspecified atom stereocenters. The minimum absolute atomic E-state index is 0.0562. The van der Waals surface area contributed by atoms with Crippen LogP contribution in [-0.4, -0.2) is 48.6 Å². The monoisotopic (exact) mass is 435 g/mol. The second-order valence-corrected chi connectivity index (χ2v) is 7.59. The number of halogens is 1. The van der Waals surface area contributed by atoms with Crippen molar-refractivity contribution in [2.75, 3.05) is 26.0 Å². The van der Waals surface area contributed by atoms with Gasteiger partial charge in [0.2, 0.25) is 11.8 Å². The third-order valence-corrected chi connectivity index (χ3v) is 6.03. The summed E-state index contributed by atoms with van der Waals surface area (Å²) >= 11 is 7.38. The van der Waals surface area contributed by atoms with Crippen LogP contribution in [-0.2, 0) is 19.1 Å². The third kappa shape index (κ3) is 4.92. The molecule has 1 heterocycles. The van der Waals surface area contributed by atoms with Crippen LogP contribution in [0.5, 0.6) is 0 Å². The number of allylic oxidation sites excluding steroid dienone is 1. The van der Waals surface area contributed by atoms with Crippen LogP contribution in [0.3, 0.4) is 0 Å². The Balaban J connectivity index is 2.49. The fourth-order valence-electron chi connectivity index (χ4n) is 3.18. The highest BCUT2D eigenvalue weighted by atomic mass is 35.5. The number of rotatable bonds is 7. The van der Waals surface area contributed by atoms with Gasteiger partial charge < -0.3 is 15.0 Å². The van der Waals surface area contributed by atoms with Crippen LogP contribution in [0.25, 0.3) is 0 Å². The highest BCUT2D eigenvalue weighted by Crippen LogP contribution is 2.42. The summed E-state index contributed by atoms with van der Waals surface area (Å²) in [5, 5.41) is 13.0. The summed E-state index contributed by atoms with van der Waals surface area (Å²) in [6.45, 7) is 4.89. The van der Waals surface area contributed by atoms with Gasteiger partial charge in [-0.3, -0.25) is 14.4 Å². The molecule has 1 aromatic carbocycles. The van der Waals surface area contributed by atoms with Gasteiger partial charge in [-0.05, 0) is 25.5 Å². The van der Waals surface area contributed by atoms with Gasteiger partial charge in [-0.25, -0.2) is 0 Å². The first kappa shape index (κ1) is 22.8. The Morgan fingerprint density at radius 2 is 1.97 bits per heavy atom. The highest BCUT2D eigenvalue weighted by molar-refractivity contribution is 8.03. The first-order valence-electron chi connectivity index (χ1n) is 9.07. The molecule has 7 nitrogen and oxygen atoms in total. The lowest BCUT2D eigenvalue weighted by Gasteiger charge is -2.31. The van der Waals surface area contributed by atoms with Crippen molar-refractivity contribution in [3.05, 3.63) is 45.5 Å². The number of carbonyl (C=O) groups is 3. The summed E-state index contributed by atoms with van der Waals surface area (Å²) in [5.41, 5.74) is 0.648. The van der Waals surface area contributed by atoms with E-state index < -0.39 is 23.7 Å². The Labute approximate surface area is 179 Å². The quantitative estimate of drug-likeness (QED) is 0.522. The number of benzene rings is 1. The molecule has 0 saturated heterocycles. The van der Waals surface area contributed by atoms with Crippen molar-refractivity contribution < 1.29 is 19.1 Å². The van der Waals surface area contributed by atoms with Crippen LogP contribution in [0.15, 0.2) is 34.9 Å². The number of esters is 1. The van der Waals surface area contributed by atoms with Crippen molar-refractivity contribution in [3.8, 4) is 6.07 Å². The zero-order valence-electron chi connectivity index (χ0n) is 16.4. The second kappa shape index (κ2) is 10.3. The number of methoxy groups -OCH3 is 1. The van der Waals surface area contributed by atoms with E-state index in [-0.39, 0.29) is 22.3 Å². The van der Waals surface area contributed by atoms with Gasteiger partial charge in [-0.15, -0.1) is 0 Å². The maximum Gasteiger partial charge on any atom is 0.319 e. The van der Waals surface area contributed by atoms with Crippen LogP contribution < -0.4 is 5.32 Å². The second-order valence-electron chi connectivity index (χ2n) is 6.20. The summed E-state index contributed by atoms with van der Waals surface area (Å²) in [5.74, 6) is -3.57. The first-order valence-corrected chi connectivity index (χ1v) is 10.4. The topological polar surface area (TPSA) is 99.5 Å². The number of hydrogen-bond donors (Lipinski definition) is 1. The van der Waals surface area contributed by atoms with E-state index in [4.69, 9.17) is 16.3 Å². The molecule has 0 fully saturated rings. The molecule has 0 aromatic heterocycles. The highest BCUT2D eigenvalue weighted by Gasteiger charge is 2.45. The van der Waals surface area contributed by atoms with E-state index in [2.05, 4.69) is 11.4 Å². The molecule has 9 heteroatoms. The summed E-state index contributed by atoms with van der Waals surface area (Å²) < 4.78 is 4.80. The molecule has 1 aliphatic rings. The Hall–Kier alpha value is -2.50. The maximum absolute atomic E-state index is 12.7. The van der Waals surface area contributed by atoms with E-state index in [1.165, 1.54) is 7.11 Å². The van der Waals surface area contributed by atoms with Gasteiger partial charge in [-0.2, -0.15) is 5.26 Å². The number of ether oxygens (including phenoxy) is 1. The molecule has 29 heavy (non-hydrogen) atoms. The molecule has 1 aromatic rings. The summed E-state index contributed by atoms with van der Waals surface area (Å²) in [6, 6.07) is 8.82. The molecular weight excluding hydrogens is 414 g/mol. The van der Waals surface area contributed by atoms with Crippen molar-refractivity contribution in [2.24, 2.45) is 5.92 Å². The van der Waals surface area contributed by atoms with E-state index in [1.54, 1.807) is 29.2 Å². The van der Waals surface area contributed by atoms with Crippen molar-refractivity contribution in [1.29, 1.82) is 5.26 Å². The van der Waals surface area contributed by atoms with E-state index in [9.17, 15) is 19.6 Å². The SMILES string of the molecule is CCN(CC)C(=O)CSC1=C(C#N)C(c2ccccc2Cl)C(C(=O)OC)C(=O)N1. The Bertz CT molecular complexity index is 877. The number of nitrogens with one attached hydrogen (secondary N) is 1. The fourth-order valence-corrected chi connectivity index (χ4v) is 4.39. The number of thioether (sulfide) groups is 1. The molecule has 0 aliphatic carbocycles. The van der Waals surface area contributed by atoms with Crippen LogP contribution in [0.1, 0.15) is 25.3 Å². The van der Waals surface area contributed by atoms with Crippen LogP contribution >= 0.6 is 23.4 Å². The van der Waals surface area contributed by atoms with Gasteiger partial charge >= 0.3 is 5.97 Å². The molecule has 154 valence electrons. The molecule has 0 saturated carbocycles. The van der Waals surface area contributed by atoms with Crippen LogP contribution in [0, 0.1) is 17.2 Å². The van der Waals surface area contributed by atoms with Crippen molar-refractivity contribution >= 4 is 41.1 Å². The number of amides is 2. The molecule has 0 radical (unpaired) electrons. The smallest absolute Gasteiger partial charge is 0.319 e. The minimum Gasteiger partial charge on any atom is -0.468 e. The van der Waals surface area contributed by atoms with Crippen LogP contribution in [0.4, 0.5) is 0 Å². The molecular formula is C20H22ClN3O4S. The number of nitrogens with zero attached hydrogens (tertiary/aromatic N) is 2. The summed E-state index contributed by atoms with van der Waals surface area (Å²) in [4.78, 5) is 39.1. The van der Waals surface area contributed by atoms with Gasteiger partial charge in [0.1, 0.15) is 5.92 Å². The van der Waals surface area contributed by atoms with Crippen molar-refractivity contribution in [3.63, 3.8) is 0 Å². The largest absolute Gasteiger partial charge is 0.468 e. The standard InChI is InChI=1S/C20H22ClN3O4S/c1-4-24(5-2)15(25)11-29-19-13(10-22)16(12-8-6-7-9-14(12)21)17(18(26)23-19)20(27)28-3/h6-9,16-17H,4-5,11H2,1-3H3,(H,23,26). The van der Waals surface area contributed by atoms with Crippen molar-refractivity contribution in [1.82, 2.24) is 10.2 Å². The average Bonchev–Trinajstić information content (AvgIpc) is 2.72. The summed E-state index contributed by atoms with van der Waals surface area (Å²) in [7, 11) is 1.18. The lowest BCUT2D eigenvalue weighted by atomic mass is 9.78. The van der Waals surface area contributed by atoms with Gasteiger partial charge in [-0.1, -0.05) is 41.6 Å². The van der Waals surface area contributed by atoms with E-state index in [1.807, 2.05) is 13.8 Å². The third-order valence-electron chi connectivity index (χ3n) is 4.68. The number of nitriles is 1. The first-order chi connectivity index (χ1) is 13.9. The average molecular weight is 436 g/mol. The van der Waals surface area contributed by atoms with Gasteiger partial charge in [0.15, 0.2) is 0 Å². The van der Waals surface area contributed by atoms with Gasteiger partial charge in [0.25, 0.3) is 0 Å². The maximum atomic E-state index is 12.7. The van der Waals surface area contributed by atoms with E-state index >= 15 is 0 Å². The molecule has 0 spiro atoms.